The molecular weight excluding hydrogens is 382 g/mol. The Balaban J connectivity index is 1.68. The molecule has 138 valence electrons. The van der Waals surface area contributed by atoms with Crippen LogP contribution in [-0.2, 0) is 9.47 Å². The Morgan fingerprint density at radius 2 is 2.15 bits per heavy atom. The summed E-state index contributed by atoms with van der Waals surface area (Å²) in [6.45, 7) is 3.75. The lowest BCUT2D eigenvalue weighted by Crippen LogP contribution is -2.45. The van der Waals surface area contributed by atoms with Crippen molar-refractivity contribution >= 4 is 43.8 Å². The molecule has 4 rings (SSSR count). The SMILES string of the molecule is CC1COC2(CCN(c3nc(=O)c4cc(Cl)cc([N+](=O)[O-])c4s3)CC2)O1. The zero-order valence-corrected chi connectivity index (χ0v) is 15.5. The molecule has 2 aliphatic heterocycles. The maximum absolute atomic E-state index is 12.4. The topological polar surface area (TPSA) is 94.8 Å². The van der Waals surface area contributed by atoms with Gasteiger partial charge < -0.3 is 14.4 Å². The fourth-order valence-electron chi connectivity index (χ4n) is 3.38. The number of piperidine rings is 1. The summed E-state index contributed by atoms with van der Waals surface area (Å²) in [5.41, 5.74) is -0.690. The van der Waals surface area contributed by atoms with Crippen LogP contribution in [0, 0.1) is 10.1 Å². The molecule has 1 aromatic heterocycles. The number of nitro benzene ring substituents is 1. The second-order valence-electron chi connectivity index (χ2n) is 6.50. The second kappa shape index (κ2) is 6.41. The van der Waals surface area contributed by atoms with Crippen molar-refractivity contribution in [2.45, 2.75) is 31.7 Å². The number of nitrogens with zero attached hydrogens (tertiary/aromatic N) is 3. The molecule has 3 heterocycles. The highest BCUT2D eigenvalue weighted by atomic mass is 35.5. The fraction of sp³-hybridized carbons (Fsp3) is 0.500. The van der Waals surface area contributed by atoms with E-state index in [1.807, 2.05) is 11.8 Å². The molecule has 26 heavy (non-hydrogen) atoms. The number of hydrogen-bond donors (Lipinski definition) is 0. The van der Waals surface area contributed by atoms with E-state index >= 15 is 0 Å². The zero-order valence-electron chi connectivity index (χ0n) is 13.9. The number of non-ortho nitro benzene ring substituents is 1. The molecule has 0 amide bonds. The van der Waals surface area contributed by atoms with E-state index < -0.39 is 16.3 Å². The van der Waals surface area contributed by atoms with Gasteiger partial charge >= 0.3 is 0 Å². The van der Waals surface area contributed by atoms with Crippen LogP contribution in [0.3, 0.4) is 0 Å². The van der Waals surface area contributed by atoms with Crippen LogP contribution >= 0.6 is 22.9 Å². The lowest BCUT2D eigenvalue weighted by atomic mass is 10.0. The third kappa shape index (κ3) is 3.05. The maximum Gasteiger partial charge on any atom is 0.288 e. The molecule has 1 spiro atoms. The number of nitro groups is 1. The van der Waals surface area contributed by atoms with Crippen LogP contribution in [0.2, 0.25) is 5.02 Å². The fourth-order valence-corrected chi connectivity index (χ4v) is 4.71. The minimum Gasteiger partial charge on any atom is -0.348 e. The van der Waals surface area contributed by atoms with Crippen LogP contribution in [-0.4, -0.2) is 41.5 Å². The van der Waals surface area contributed by atoms with Gasteiger partial charge in [0.1, 0.15) is 4.70 Å². The molecule has 0 radical (unpaired) electrons. The van der Waals surface area contributed by atoms with Gasteiger partial charge in [-0.05, 0) is 13.0 Å². The number of aromatic nitrogens is 1. The number of benzene rings is 1. The predicted molar refractivity (Wildman–Crippen MR) is 98.2 cm³/mol. The molecule has 0 N–H and O–H groups in total. The highest BCUT2D eigenvalue weighted by molar-refractivity contribution is 7.22. The number of ether oxygens (including phenoxy) is 2. The molecule has 1 atom stereocenters. The first kappa shape index (κ1) is 17.6. The minimum absolute atomic E-state index is 0.0730. The molecule has 2 aliphatic rings. The highest BCUT2D eigenvalue weighted by Gasteiger charge is 2.43. The summed E-state index contributed by atoms with van der Waals surface area (Å²) < 4.78 is 12.0. The van der Waals surface area contributed by atoms with E-state index in [2.05, 4.69) is 4.98 Å². The summed E-state index contributed by atoms with van der Waals surface area (Å²) in [7, 11) is 0. The molecule has 0 bridgehead atoms. The third-order valence-corrected chi connectivity index (χ3v) is 6.03. The smallest absolute Gasteiger partial charge is 0.288 e. The van der Waals surface area contributed by atoms with Crippen LogP contribution in [0.1, 0.15) is 19.8 Å². The van der Waals surface area contributed by atoms with Gasteiger partial charge in [-0.3, -0.25) is 14.9 Å². The van der Waals surface area contributed by atoms with Gasteiger partial charge in [0.25, 0.3) is 11.2 Å². The third-order valence-electron chi connectivity index (χ3n) is 4.64. The van der Waals surface area contributed by atoms with Crippen molar-refractivity contribution in [3.05, 3.63) is 37.6 Å². The van der Waals surface area contributed by atoms with Crippen molar-refractivity contribution in [3.8, 4) is 0 Å². The molecule has 2 saturated heterocycles. The van der Waals surface area contributed by atoms with E-state index in [1.165, 1.54) is 12.1 Å². The summed E-state index contributed by atoms with van der Waals surface area (Å²) in [5, 5.41) is 12.1. The van der Waals surface area contributed by atoms with Crippen molar-refractivity contribution in [1.82, 2.24) is 4.98 Å². The summed E-state index contributed by atoms with van der Waals surface area (Å²) in [6.07, 6.45) is 1.38. The Labute approximate surface area is 157 Å². The Bertz CT molecular complexity index is 941. The highest BCUT2D eigenvalue weighted by Crippen LogP contribution is 2.38. The quantitative estimate of drug-likeness (QED) is 0.567. The number of fused-ring (bicyclic) bond motifs is 1. The van der Waals surface area contributed by atoms with Crippen LogP contribution < -0.4 is 10.5 Å². The standard InChI is InChI=1S/C16H16ClN3O5S/c1-9-8-24-16(25-9)2-4-19(5-3-16)15-18-14(21)11-6-10(17)7-12(20(22)23)13(11)26-15/h6-7,9H,2-5,8H2,1H3. The van der Waals surface area contributed by atoms with Gasteiger partial charge in [0, 0.05) is 37.0 Å². The van der Waals surface area contributed by atoms with Crippen molar-refractivity contribution < 1.29 is 14.4 Å². The summed E-state index contributed by atoms with van der Waals surface area (Å²) >= 11 is 7.04. The van der Waals surface area contributed by atoms with Gasteiger partial charge in [0.2, 0.25) is 0 Å². The average Bonchev–Trinajstić information content (AvgIpc) is 2.95. The van der Waals surface area contributed by atoms with Crippen molar-refractivity contribution in [2.24, 2.45) is 0 Å². The van der Waals surface area contributed by atoms with E-state index in [9.17, 15) is 14.9 Å². The molecule has 2 fully saturated rings. The van der Waals surface area contributed by atoms with Crippen molar-refractivity contribution in [1.29, 1.82) is 0 Å². The maximum atomic E-state index is 12.4. The van der Waals surface area contributed by atoms with Crippen molar-refractivity contribution in [3.63, 3.8) is 0 Å². The molecule has 0 saturated carbocycles. The number of rotatable bonds is 2. The van der Waals surface area contributed by atoms with Crippen LogP contribution in [0.25, 0.3) is 10.1 Å². The monoisotopic (exact) mass is 397 g/mol. The Hall–Kier alpha value is -1.81. The van der Waals surface area contributed by atoms with Crippen molar-refractivity contribution in [2.75, 3.05) is 24.6 Å². The average molecular weight is 398 g/mol. The normalized spacial score (nSPS) is 22.2. The van der Waals surface area contributed by atoms with E-state index in [-0.39, 0.29) is 26.9 Å². The van der Waals surface area contributed by atoms with E-state index in [0.717, 1.165) is 11.3 Å². The molecule has 10 heteroatoms. The van der Waals surface area contributed by atoms with E-state index in [1.54, 1.807) is 0 Å². The Morgan fingerprint density at radius 1 is 1.42 bits per heavy atom. The van der Waals surface area contributed by atoms with Gasteiger partial charge in [-0.15, -0.1) is 0 Å². The molecule has 8 nitrogen and oxygen atoms in total. The zero-order chi connectivity index (χ0) is 18.5. The largest absolute Gasteiger partial charge is 0.348 e. The minimum atomic E-state index is -0.558. The van der Waals surface area contributed by atoms with Gasteiger partial charge in [-0.2, -0.15) is 4.98 Å². The molecule has 0 aliphatic carbocycles. The Kier molecular flexibility index (Phi) is 4.34. The van der Waals surface area contributed by atoms with Gasteiger partial charge in [-0.1, -0.05) is 22.9 Å². The number of halogens is 1. The van der Waals surface area contributed by atoms with Gasteiger partial charge in [0.15, 0.2) is 10.9 Å². The second-order valence-corrected chi connectivity index (χ2v) is 7.91. The molecule has 1 unspecified atom stereocenters. The number of anilines is 1. The lowest BCUT2D eigenvalue weighted by Gasteiger charge is -2.37. The first-order valence-corrected chi connectivity index (χ1v) is 9.42. The summed E-state index contributed by atoms with van der Waals surface area (Å²) in [4.78, 5) is 29.3. The molecular formula is C16H16ClN3O5S. The molecule has 1 aromatic carbocycles. The van der Waals surface area contributed by atoms with E-state index in [0.29, 0.717) is 37.7 Å². The predicted octanol–water partition coefficient (Wildman–Crippen LogP) is 2.95. The van der Waals surface area contributed by atoms with Crippen LogP contribution in [0.4, 0.5) is 10.8 Å². The van der Waals surface area contributed by atoms with Crippen LogP contribution in [0.15, 0.2) is 16.9 Å². The first-order valence-electron chi connectivity index (χ1n) is 8.22. The summed E-state index contributed by atoms with van der Waals surface area (Å²) in [6, 6.07) is 2.68. The van der Waals surface area contributed by atoms with Crippen LogP contribution in [0.5, 0.6) is 0 Å². The Morgan fingerprint density at radius 3 is 2.77 bits per heavy atom. The van der Waals surface area contributed by atoms with Gasteiger partial charge in [-0.25, -0.2) is 0 Å². The number of hydrogen-bond acceptors (Lipinski definition) is 8. The lowest BCUT2D eigenvalue weighted by molar-refractivity contribution is -0.382. The van der Waals surface area contributed by atoms with Gasteiger partial charge in [0.05, 0.1) is 23.0 Å². The summed E-state index contributed by atoms with van der Waals surface area (Å²) in [5.74, 6) is -0.558. The van der Waals surface area contributed by atoms with E-state index in [4.69, 9.17) is 21.1 Å². The first-order chi connectivity index (χ1) is 12.4. The molecule has 2 aromatic rings.